The summed E-state index contributed by atoms with van der Waals surface area (Å²) in [6.07, 6.45) is 2.32. The molecule has 1 aliphatic rings. The van der Waals surface area contributed by atoms with Gasteiger partial charge < -0.3 is 24.3 Å². The van der Waals surface area contributed by atoms with Gasteiger partial charge in [0.05, 0.1) is 7.11 Å². The first-order valence-corrected chi connectivity index (χ1v) is 11.2. The molecule has 0 aliphatic carbocycles. The predicted octanol–water partition coefficient (Wildman–Crippen LogP) is 3.31. The third-order valence-electron chi connectivity index (χ3n) is 5.63. The lowest BCUT2D eigenvalue weighted by molar-refractivity contribution is -0.156. The second-order valence-electron chi connectivity index (χ2n) is 8.26. The first-order chi connectivity index (χ1) is 16.3. The molecule has 1 aromatic heterocycles. The van der Waals surface area contributed by atoms with Crippen molar-refractivity contribution in [1.82, 2.24) is 10.3 Å². The van der Waals surface area contributed by atoms with E-state index in [1.165, 1.54) is 26.3 Å². The van der Waals surface area contributed by atoms with E-state index in [4.69, 9.17) is 18.9 Å². The van der Waals surface area contributed by atoms with Crippen LogP contribution in [-0.4, -0.2) is 48.2 Å². The van der Waals surface area contributed by atoms with Crippen LogP contribution < -0.4 is 19.5 Å². The maximum absolute atomic E-state index is 13.0. The molecule has 1 fully saturated rings. The van der Waals surface area contributed by atoms with E-state index < -0.39 is 30.0 Å². The minimum absolute atomic E-state index is 0.107. The van der Waals surface area contributed by atoms with Gasteiger partial charge in [-0.3, -0.25) is 9.59 Å². The number of hydrogen-bond acceptors (Lipinski definition) is 8. The zero-order chi connectivity index (χ0) is 24.7. The number of esters is 2. The Morgan fingerprint density at radius 2 is 1.85 bits per heavy atom. The van der Waals surface area contributed by atoms with E-state index in [0.29, 0.717) is 18.6 Å². The van der Waals surface area contributed by atoms with E-state index in [0.717, 1.165) is 6.42 Å². The molecule has 0 radical (unpaired) electrons. The van der Waals surface area contributed by atoms with Gasteiger partial charge in [0, 0.05) is 19.2 Å². The van der Waals surface area contributed by atoms with Crippen molar-refractivity contribution in [3.05, 3.63) is 48.3 Å². The number of aromatic nitrogens is 1. The quantitative estimate of drug-likeness (QED) is 0.640. The lowest BCUT2D eigenvalue weighted by Gasteiger charge is -2.29. The molecule has 0 unspecified atom stereocenters. The minimum atomic E-state index is -0.893. The van der Waals surface area contributed by atoms with E-state index in [1.807, 2.05) is 30.3 Å². The summed E-state index contributed by atoms with van der Waals surface area (Å²) in [6, 6.07) is 9.97. The Labute approximate surface area is 198 Å². The van der Waals surface area contributed by atoms with E-state index in [2.05, 4.69) is 17.2 Å². The van der Waals surface area contributed by atoms with Crippen molar-refractivity contribution in [2.24, 2.45) is 5.92 Å². The number of amides is 1. The zero-order valence-electron chi connectivity index (χ0n) is 19.8. The number of carbonyl (C=O) groups is 3. The Hall–Kier alpha value is -3.62. The molecule has 0 spiro atoms. The lowest BCUT2D eigenvalue weighted by Crippen LogP contribution is -2.45. The van der Waals surface area contributed by atoms with Crippen LogP contribution in [0.25, 0.3) is 0 Å². The van der Waals surface area contributed by atoms with Crippen molar-refractivity contribution >= 4 is 17.8 Å². The van der Waals surface area contributed by atoms with Gasteiger partial charge in [0.1, 0.15) is 24.0 Å². The van der Waals surface area contributed by atoms with Crippen LogP contribution in [0.1, 0.15) is 50.5 Å². The van der Waals surface area contributed by atoms with Gasteiger partial charge in [-0.05, 0) is 37.8 Å². The summed E-state index contributed by atoms with van der Waals surface area (Å²) in [7, 11) is 1.39. The Morgan fingerprint density at radius 1 is 1.12 bits per heavy atom. The van der Waals surface area contributed by atoms with Crippen molar-refractivity contribution in [2.75, 3.05) is 7.11 Å². The van der Waals surface area contributed by atoms with Gasteiger partial charge in [-0.2, -0.15) is 0 Å². The molecule has 4 atom stereocenters. The number of rotatable bonds is 6. The number of hydrogen-bond donors (Lipinski definition) is 1. The minimum Gasteiger partial charge on any atom is -0.493 e. The molecule has 2 heterocycles. The van der Waals surface area contributed by atoms with Gasteiger partial charge in [0.15, 0.2) is 11.4 Å². The lowest BCUT2D eigenvalue weighted by atomic mass is 9.94. The molecule has 0 saturated carbocycles. The fraction of sp³-hybridized carbons (Fsp3) is 0.440. The van der Waals surface area contributed by atoms with Crippen molar-refractivity contribution < 1.29 is 33.3 Å². The molecule has 9 nitrogen and oxygen atoms in total. The van der Waals surface area contributed by atoms with Gasteiger partial charge in [0.2, 0.25) is 5.75 Å². The number of nitrogens with one attached hydrogen (secondary N) is 1. The van der Waals surface area contributed by atoms with E-state index in [-0.39, 0.29) is 29.2 Å². The third kappa shape index (κ3) is 6.24. The highest BCUT2D eigenvalue weighted by atomic mass is 16.6. The number of nitrogens with zero attached hydrogens (tertiary/aromatic N) is 1. The maximum Gasteiger partial charge on any atom is 0.329 e. The highest BCUT2D eigenvalue weighted by Crippen LogP contribution is 2.30. The SMILES string of the molecule is COc1ccnc(C(=O)N[C@H]2CCC[C@H](C)[C@@H](Oc3ccccc3)[C@H](C)OC2=O)c1OC(C)=O. The molecule has 1 aromatic carbocycles. The zero-order valence-corrected chi connectivity index (χ0v) is 19.8. The van der Waals surface area contributed by atoms with Crippen LogP contribution in [0.4, 0.5) is 0 Å². The number of pyridine rings is 1. The molecule has 1 amide bonds. The molecule has 34 heavy (non-hydrogen) atoms. The summed E-state index contributed by atoms with van der Waals surface area (Å²) in [5, 5.41) is 2.68. The smallest absolute Gasteiger partial charge is 0.329 e. The Bertz CT molecular complexity index is 1010. The van der Waals surface area contributed by atoms with Crippen molar-refractivity contribution in [3.63, 3.8) is 0 Å². The first kappa shape index (κ1) is 25.0. The van der Waals surface area contributed by atoms with Crippen LogP contribution in [0, 0.1) is 5.92 Å². The van der Waals surface area contributed by atoms with Crippen molar-refractivity contribution in [3.8, 4) is 17.2 Å². The predicted molar refractivity (Wildman–Crippen MR) is 123 cm³/mol. The number of para-hydroxylation sites is 1. The van der Waals surface area contributed by atoms with Gasteiger partial charge in [-0.15, -0.1) is 0 Å². The second kappa shape index (κ2) is 11.5. The van der Waals surface area contributed by atoms with Crippen molar-refractivity contribution in [1.29, 1.82) is 0 Å². The van der Waals surface area contributed by atoms with Crippen molar-refractivity contribution in [2.45, 2.75) is 58.3 Å². The number of cyclic esters (lactones) is 1. The second-order valence-corrected chi connectivity index (χ2v) is 8.26. The summed E-state index contributed by atoms with van der Waals surface area (Å²) in [5.41, 5.74) is -0.158. The van der Waals surface area contributed by atoms with E-state index in [9.17, 15) is 14.4 Å². The standard InChI is InChI=1S/C25H30N2O7/c1-15-9-8-12-19(25(30)32-16(2)22(15)34-18-10-6-5-7-11-18)27-24(29)21-23(33-17(3)28)20(31-4)13-14-26-21/h5-7,10-11,13-16,19,22H,8-9,12H2,1-4H3,(H,27,29)/t15-,16-,19-,22+/m0/s1. The molecule has 9 heteroatoms. The summed E-state index contributed by atoms with van der Waals surface area (Å²) in [5.74, 6) is -0.973. The fourth-order valence-electron chi connectivity index (χ4n) is 3.94. The van der Waals surface area contributed by atoms with Gasteiger partial charge >= 0.3 is 11.9 Å². The molecule has 2 aromatic rings. The Balaban J connectivity index is 1.76. The average molecular weight is 471 g/mol. The molecular formula is C25H30N2O7. The van der Waals surface area contributed by atoms with E-state index >= 15 is 0 Å². The number of ether oxygens (including phenoxy) is 4. The third-order valence-corrected chi connectivity index (χ3v) is 5.63. The van der Waals surface area contributed by atoms with Gasteiger partial charge in [-0.25, -0.2) is 9.78 Å². The normalized spacial score (nSPS) is 22.9. The summed E-state index contributed by atoms with van der Waals surface area (Å²) < 4.78 is 22.2. The molecule has 1 aliphatic heterocycles. The topological polar surface area (TPSA) is 113 Å². The highest BCUT2D eigenvalue weighted by Gasteiger charge is 2.34. The molecule has 3 rings (SSSR count). The van der Waals surface area contributed by atoms with Crippen LogP contribution in [0.2, 0.25) is 0 Å². The van der Waals surface area contributed by atoms with Crippen LogP contribution in [0.5, 0.6) is 17.2 Å². The molecule has 1 saturated heterocycles. The van der Waals surface area contributed by atoms with Crippen LogP contribution in [-0.2, 0) is 14.3 Å². The van der Waals surface area contributed by atoms with Crippen LogP contribution in [0.15, 0.2) is 42.6 Å². The Morgan fingerprint density at radius 3 is 2.53 bits per heavy atom. The molecule has 1 N–H and O–H groups in total. The summed E-state index contributed by atoms with van der Waals surface area (Å²) >= 11 is 0. The van der Waals surface area contributed by atoms with Gasteiger partial charge in [-0.1, -0.05) is 31.5 Å². The summed E-state index contributed by atoms with van der Waals surface area (Å²) in [6.45, 7) is 5.05. The van der Waals surface area contributed by atoms with Gasteiger partial charge in [0.25, 0.3) is 5.91 Å². The maximum atomic E-state index is 13.0. The van der Waals surface area contributed by atoms with E-state index in [1.54, 1.807) is 6.92 Å². The number of carbonyl (C=O) groups excluding carboxylic acids is 3. The number of methoxy groups -OCH3 is 1. The largest absolute Gasteiger partial charge is 0.493 e. The Kier molecular flexibility index (Phi) is 8.45. The average Bonchev–Trinajstić information content (AvgIpc) is 2.85. The van der Waals surface area contributed by atoms with Crippen LogP contribution >= 0.6 is 0 Å². The number of benzene rings is 1. The monoisotopic (exact) mass is 470 g/mol. The molecule has 0 bridgehead atoms. The molecular weight excluding hydrogens is 440 g/mol. The van der Waals surface area contributed by atoms with Crippen LogP contribution in [0.3, 0.4) is 0 Å². The molecule has 182 valence electrons. The summed E-state index contributed by atoms with van der Waals surface area (Å²) in [4.78, 5) is 41.5. The highest BCUT2D eigenvalue weighted by molar-refractivity contribution is 5.98. The first-order valence-electron chi connectivity index (χ1n) is 11.2. The fourth-order valence-corrected chi connectivity index (χ4v) is 3.94.